The Morgan fingerprint density at radius 1 is 0.717 bits per heavy atom. The number of ether oxygens (including phenoxy) is 3. The monoisotopic (exact) mass is 650 g/mol. The molecule has 0 aromatic heterocycles. The number of esters is 3. The van der Waals surface area contributed by atoms with Crippen molar-refractivity contribution < 1.29 is 94.7 Å². The molecule has 0 amide bonds. The normalized spacial score (nSPS) is 17.7. The van der Waals surface area contributed by atoms with E-state index in [2.05, 4.69) is 0 Å². The standard InChI is InChI=1S/C27H22O19/c28-9-1-6(2-10(29)16(9)33)25(41)46-23(24(39)40)21(38)22-13(32)5-44-26(42)7-3-11(30)17(34)19(36)14(7)15-8(27(43)45-22)4-12(31)18(35)20(15)37/h1-4,13,21-23,28-38H,5H2,(H,39,40). The zero-order chi connectivity index (χ0) is 34.4. The van der Waals surface area contributed by atoms with E-state index in [1.807, 2.05) is 0 Å². The summed E-state index contributed by atoms with van der Waals surface area (Å²) in [5.74, 6) is -17.9. The Hall–Kier alpha value is -6.34. The molecule has 0 saturated carbocycles. The lowest BCUT2D eigenvalue weighted by Gasteiger charge is -2.30. The van der Waals surface area contributed by atoms with Crippen LogP contribution < -0.4 is 0 Å². The average Bonchev–Trinajstić information content (AvgIpc) is 3.01. The minimum Gasteiger partial charge on any atom is -0.504 e. The number of carboxylic acids is 1. The highest BCUT2D eigenvalue weighted by molar-refractivity contribution is 6.08. The lowest BCUT2D eigenvalue weighted by atomic mass is 9.92. The molecule has 0 fully saturated rings. The number of phenols is 9. The molecule has 0 spiro atoms. The smallest absolute Gasteiger partial charge is 0.347 e. The SMILES string of the molecule is O=C(OC(C(=O)O)C(O)C1OC(=O)c2cc(O)c(O)c(O)c2-c2c(cc(O)c(O)c2O)C(=O)OCC1O)c1cc(O)c(O)c(O)c1. The van der Waals surface area contributed by atoms with Crippen molar-refractivity contribution in [3.05, 3.63) is 41.0 Å². The maximum absolute atomic E-state index is 13.4. The van der Waals surface area contributed by atoms with E-state index in [1.54, 1.807) is 0 Å². The summed E-state index contributed by atoms with van der Waals surface area (Å²) in [7, 11) is 0. The van der Waals surface area contributed by atoms with Gasteiger partial charge < -0.3 is 75.5 Å². The van der Waals surface area contributed by atoms with E-state index in [4.69, 9.17) is 14.2 Å². The van der Waals surface area contributed by atoms with Gasteiger partial charge in [-0.2, -0.15) is 0 Å². The van der Waals surface area contributed by atoms with Crippen LogP contribution in [-0.4, -0.2) is 116 Å². The molecule has 4 unspecified atom stereocenters. The number of rotatable bonds is 5. The minimum absolute atomic E-state index is 0.414. The van der Waals surface area contributed by atoms with Crippen LogP contribution in [0.2, 0.25) is 0 Å². The molecule has 19 nitrogen and oxygen atoms in total. The molecule has 1 heterocycles. The molecule has 0 saturated heterocycles. The number of carbonyl (C=O) groups is 4. The summed E-state index contributed by atoms with van der Waals surface area (Å²) in [6, 6.07) is 2.02. The molecule has 46 heavy (non-hydrogen) atoms. The van der Waals surface area contributed by atoms with Crippen LogP contribution >= 0.6 is 0 Å². The van der Waals surface area contributed by atoms with Gasteiger partial charge in [0.05, 0.1) is 16.7 Å². The van der Waals surface area contributed by atoms with Gasteiger partial charge in [-0.25, -0.2) is 19.2 Å². The number of benzene rings is 3. The summed E-state index contributed by atoms with van der Waals surface area (Å²) < 4.78 is 14.7. The molecule has 3 aromatic rings. The molecule has 0 radical (unpaired) electrons. The van der Waals surface area contributed by atoms with Crippen molar-refractivity contribution in [2.45, 2.75) is 24.4 Å². The first-order valence-electron chi connectivity index (χ1n) is 12.4. The number of aromatic hydroxyl groups is 9. The fraction of sp³-hybridized carbons (Fsp3) is 0.185. The Balaban J connectivity index is 1.83. The van der Waals surface area contributed by atoms with Gasteiger partial charge in [0.2, 0.25) is 17.6 Å². The third-order valence-electron chi connectivity index (χ3n) is 6.64. The molecule has 4 atom stereocenters. The fourth-order valence-corrected chi connectivity index (χ4v) is 4.36. The maximum atomic E-state index is 13.4. The highest BCUT2D eigenvalue weighted by atomic mass is 16.6. The molecule has 12 N–H and O–H groups in total. The largest absolute Gasteiger partial charge is 0.504 e. The molecule has 244 valence electrons. The van der Waals surface area contributed by atoms with Crippen molar-refractivity contribution in [1.29, 1.82) is 0 Å². The molecule has 3 aromatic carbocycles. The second-order valence-electron chi connectivity index (χ2n) is 9.58. The number of aliphatic hydroxyl groups is 2. The van der Waals surface area contributed by atoms with Crippen molar-refractivity contribution in [3.63, 3.8) is 0 Å². The number of cyclic esters (lactones) is 2. The number of aliphatic hydroxyl groups excluding tert-OH is 2. The van der Waals surface area contributed by atoms with Crippen molar-refractivity contribution in [2.75, 3.05) is 6.61 Å². The van der Waals surface area contributed by atoms with Gasteiger partial charge in [0.25, 0.3) is 0 Å². The first-order chi connectivity index (χ1) is 21.5. The van der Waals surface area contributed by atoms with E-state index in [1.165, 1.54) is 0 Å². The van der Waals surface area contributed by atoms with Crippen LogP contribution in [0.3, 0.4) is 0 Å². The van der Waals surface area contributed by atoms with Gasteiger partial charge >= 0.3 is 23.9 Å². The lowest BCUT2D eigenvalue weighted by Crippen LogP contribution is -2.52. The number of carbonyl (C=O) groups excluding carboxylic acids is 3. The third kappa shape index (κ3) is 5.65. The Bertz CT molecular complexity index is 1760. The summed E-state index contributed by atoms with van der Waals surface area (Å²) in [4.78, 5) is 51.1. The van der Waals surface area contributed by atoms with Crippen LogP contribution in [-0.2, 0) is 19.0 Å². The Morgan fingerprint density at radius 3 is 1.65 bits per heavy atom. The van der Waals surface area contributed by atoms with Gasteiger partial charge in [-0.1, -0.05) is 0 Å². The molecule has 19 heteroatoms. The second kappa shape index (κ2) is 12.0. The second-order valence-corrected chi connectivity index (χ2v) is 9.58. The number of aliphatic carboxylic acids is 1. The maximum Gasteiger partial charge on any atom is 0.347 e. The summed E-state index contributed by atoms with van der Waals surface area (Å²) in [6.07, 6.45) is -10.3. The van der Waals surface area contributed by atoms with E-state index in [0.717, 1.165) is 0 Å². The van der Waals surface area contributed by atoms with Crippen LogP contribution in [0.4, 0.5) is 0 Å². The summed E-state index contributed by atoms with van der Waals surface area (Å²) in [5.41, 5.74) is -4.69. The van der Waals surface area contributed by atoms with Crippen LogP contribution in [0.25, 0.3) is 11.1 Å². The van der Waals surface area contributed by atoms with E-state index >= 15 is 0 Å². The molecular formula is C27H22O19. The van der Waals surface area contributed by atoms with Gasteiger partial charge in [0, 0.05) is 11.1 Å². The first kappa shape index (κ1) is 32.6. The van der Waals surface area contributed by atoms with E-state index < -0.39 is 134 Å². The molecule has 4 rings (SSSR count). The zero-order valence-corrected chi connectivity index (χ0v) is 22.6. The molecule has 1 aliphatic rings. The number of carboxylic acid groups (broad SMARTS) is 1. The predicted molar refractivity (Wildman–Crippen MR) is 142 cm³/mol. The molecule has 0 bridgehead atoms. The van der Waals surface area contributed by atoms with Crippen molar-refractivity contribution in [2.24, 2.45) is 0 Å². The van der Waals surface area contributed by atoms with Crippen LogP contribution in [0.15, 0.2) is 24.3 Å². The number of fused-ring (bicyclic) bond motifs is 3. The zero-order valence-electron chi connectivity index (χ0n) is 22.6. The molecule has 0 aliphatic carbocycles. The Morgan fingerprint density at radius 2 is 1.17 bits per heavy atom. The highest BCUT2D eigenvalue weighted by Gasteiger charge is 2.44. The number of hydrogen-bond acceptors (Lipinski definition) is 18. The predicted octanol–water partition coefficient (Wildman–Crippen LogP) is -0.568. The van der Waals surface area contributed by atoms with E-state index in [0.29, 0.717) is 24.3 Å². The Labute approximate surface area is 253 Å². The quantitative estimate of drug-likeness (QED) is 0.0934. The minimum atomic E-state index is -2.73. The highest BCUT2D eigenvalue weighted by Crippen LogP contribution is 2.52. The average molecular weight is 650 g/mol. The van der Waals surface area contributed by atoms with Crippen molar-refractivity contribution in [3.8, 4) is 62.9 Å². The summed E-state index contributed by atoms with van der Waals surface area (Å²) >= 11 is 0. The fourth-order valence-electron chi connectivity index (χ4n) is 4.36. The Kier molecular flexibility index (Phi) is 8.48. The van der Waals surface area contributed by atoms with Crippen molar-refractivity contribution >= 4 is 23.9 Å². The third-order valence-corrected chi connectivity index (χ3v) is 6.64. The van der Waals surface area contributed by atoms with Gasteiger partial charge in [-0.3, -0.25) is 0 Å². The topological polar surface area (TPSA) is 339 Å². The number of phenolic OH excluding ortho intramolecular Hbond substituents is 9. The summed E-state index contributed by atoms with van der Waals surface area (Å²) in [5, 5.41) is 122. The van der Waals surface area contributed by atoms with Gasteiger partial charge in [-0.15, -0.1) is 0 Å². The number of hydrogen-bond donors (Lipinski definition) is 12. The van der Waals surface area contributed by atoms with Crippen LogP contribution in [0.5, 0.6) is 51.7 Å². The summed E-state index contributed by atoms with van der Waals surface area (Å²) in [6.45, 7) is -1.24. The van der Waals surface area contributed by atoms with Crippen molar-refractivity contribution in [1.82, 2.24) is 0 Å². The van der Waals surface area contributed by atoms with Crippen LogP contribution in [0, 0.1) is 0 Å². The van der Waals surface area contributed by atoms with E-state index in [-0.39, 0.29) is 0 Å². The lowest BCUT2D eigenvalue weighted by molar-refractivity contribution is -0.166. The van der Waals surface area contributed by atoms with Gasteiger partial charge in [0.15, 0.2) is 46.4 Å². The van der Waals surface area contributed by atoms with Gasteiger partial charge in [0.1, 0.15) is 18.8 Å². The molecule has 1 aliphatic heterocycles. The molecular weight excluding hydrogens is 628 g/mol. The van der Waals surface area contributed by atoms with Gasteiger partial charge in [-0.05, 0) is 24.3 Å². The van der Waals surface area contributed by atoms with Crippen LogP contribution in [0.1, 0.15) is 31.1 Å². The first-order valence-corrected chi connectivity index (χ1v) is 12.4. The van der Waals surface area contributed by atoms with E-state index in [9.17, 15) is 80.5 Å².